The molecule has 8 nitrogen and oxygen atoms in total. The average Bonchev–Trinajstić information content (AvgIpc) is 3.16. The number of ether oxygens (including phenoxy) is 3. The molecule has 0 aliphatic carbocycles. The molecule has 37 heavy (non-hydrogen) atoms. The van der Waals surface area contributed by atoms with Crippen LogP contribution in [0.4, 0.5) is 10.5 Å². The van der Waals surface area contributed by atoms with Gasteiger partial charge in [-0.15, -0.1) is 0 Å². The number of carbonyl (C=O) groups excluding carboxylic acids is 3. The van der Waals surface area contributed by atoms with Crippen LogP contribution in [0.25, 0.3) is 6.08 Å². The molecule has 1 aliphatic heterocycles. The van der Waals surface area contributed by atoms with Gasteiger partial charge in [0.1, 0.15) is 18.9 Å². The van der Waals surface area contributed by atoms with Crippen molar-refractivity contribution in [1.82, 2.24) is 4.90 Å². The fourth-order valence-electron chi connectivity index (χ4n) is 3.50. The minimum Gasteiger partial charge on any atom is -0.495 e. The molecule has 0 unspecified atom stereocenters. The first-order valence-electron chi connectivity index (χ1n) is 11.1. The van der Waals surface area contributed by atoms with E-state index < -0.39 is 23.6 Å². The van der Waals surface area contributed by atoms with Crippen molar-refractivity contribution in [2.75, 3.05) is 26.1 Å². The van der Waals surface area contributed by atoms with E-state index in [9.17, 15) is 14.4 Å². The lowest BCUT2D eigenvalue weighted by Gasteiger charge is -2.14. The van der Waals surface area contributed by atoms with Crippen LogP contribution in [-0.2, 0) is 16.2 Å². The highest BCUT2D eigenvalue weighted by atomic mass is 79.9. The highest BCUT2D eigenvalue weighted by Gasteiger charge is 2.36. The normalized spacial score (nSPS) is 14.1. The van der Waals surface area contributed by atoms with Crippen LogP contribution in [-0.4, -0.2) is 42.7 Å². The van der Waals surface area contributed by atoms with Gasteiger partial charge >= 0.3 is 0 Å². The summed E-state index contributed by atoms with van der Waals surface area (Å²) in [5.41, 5.74) is 2.10. The van der Waals surface area contributed by atoms with E-state index in [-0.39, 0.29) is 4.91 Å². The van der Waals surface area contributed by atoms with Crippen LogP contribution < -0.4 is 19.5 Å². The van der Waals surface area contributed by atoms with Crippen LogP contribution in [0, 0.1) is 0 Å². The molecule has 1 heterocycles. The van der Waals surface area contributed by atoms with E-state index in [2.05, 4.69) is 21.2 Å². The Kier molecular flexibility index (Phi) is 8.52. The van der Waals surface area contributed by atoms with Crippen molar-refractivity contribution in [3.8, 4) is 17.2 Å². The van der Waals surface area contributed by atoms with Gasteiger partial charge in [0.15, 0.2) is 11.5 Å². The predicted octanol–water partition coefficient (Wildman–Crippen LogP) is 5.72. The number of rotatable bonds is 9. The topological polar surface area (TPSA) is 94.2 Å². The molecule has 0 bridgehead atoms. The van der Waals surface area contributed by atoms with Gasteiger partial charge in [-0.1, -0.05) is 46.3 Å². The molecule has 0 saturated carbocycles. The molecular formula is C27H23BrN2O6S. The number of hydrogen-bond acceptors (Lipinski definition) is 7. The van der Waals surface area contributed by atoms with Gasteiger partial charge in [-0.3, -0.25) is 19.3 Å². The van der Waals surface area contributed by atoms with Crippen molar-refractivity contribution in [3.63, 3.8) is 0 Å². The van der Waals surface area contributed by atoms with Crippen molar-refractivity contribution in [2.24, 2.45) is 0 Å². The number of benzene rings is 3. The maximum absolute atomic E-state index is 12.9. The van der Waals surface area contributed by atoms with Crippen molar-refractivity contribution in [2.45, 2.75) is 6.61 Å². The molecule has 3 aromatic rings. The lowest BCUT2D eigenvalue weighted by Crippen LogP contribution is -2.36. The first-order chi connectivity index (χ1) is 17.9. The van der Waals surface area contributed by atoms with E-state index in [4.69, 9.17) is 14.2 Å². The molecule has 0 aromatic heterocycles. The van der Waals surface area contributed by atoms with Gasteiger partial charge in [0.25, 0.3) is 11.1 Å². The second-order valence-corrected chi connectivity index (χ2v) is 9.75. The summed E-state index contributed by atoms with van der Waals surface area (Å²) in [5.74, 6) is 0.453. The van der Waals surface area contributed by atoms with Gasteiger partial charge in [0.2, 0.25) is 5.91 Å². The second kappa shape index (κ2) is 12.0. The van der Waals surface area contributed by atoms with Crippen molar-refractivity contribution < 1.29 is 28.6 Å². The fourth-order valence-corrected chi connectivity index (χ4v) is 4.61. The molecule has 0 spiro atoms. The van der Waals surface area contributed by atoms with Crippen LogP contribution in [0.2, 0.25) is 0 Å². The Hall–Kier alpha value is -3.76. The number of methoxy groups -OCH3 is 2. The predicted molar refractivity (Wildman–Crippen MR) is 146 cm³/mol. The van der Waals surface area contributed by atoms with E-state index in [0.29, 0.717) is 35.1 Å². The summed E-state index contributed by atoms with van der Waals surface area (Å²) < 4.78 is 17.6. The average molecular weight is 583 g/mol. The van der Waals surface area contributed by atoms with Crippen LogP contribution in [0.5, 0.6) is 17.2 Å². The number of anilines is 1. The maximum atomic E-state index is 12.9. The van der Waals surface area contributed by atoms with Crippen molar-refractivity contribution in [1.29, 1.82) is 0 Å². The standard InChI is InChI=1S/C27H23BrN2O6S/c1-34-21-6-4-3-5-20(21)29-25(31)15-30-26(32)24(37-27(30)33)14-18-9-12-22(23(13-18)35-2)36-16-17-7-10-19(28)11-8-17/h3-14H,15-16H2,1-2H3,(H,29,31)/b24-14-. The summed E-state index contributed by atoms with van der Waals surface area (Å²) >= 11 is 4.19. The monoisotopic (exact) mass is 582 g/mol. The molecular weight excluding hydrogens is 560 g/mol. The number of thioether (sulfide) groups is 1. The molecule has 10 heteroatoms. The van der Waals surface area contributed by atoms with Crippen LogP contribution >= 0.6 is 27.7 Å². The largest absolute Gasteiger partial charge is 0.495 e. The number of amides is 3. The Morgan fingerprint density at radius 1 is 0.973 bits per heavy atom. The summed E-state index contributed by atoms with van der Waals surface area (Å²) in [5, 5.41) is 2.15. The van der Waals surface area contributed by atoms with Crippen molar-refractivity contribution >= 4 is 56.5 Å². The van der Waals surface area contributed by atoms with Gasteiger partial charge in [0, 0.05) is 4.47 Å². The number of carbonyl (C=O) groups is 3. The number of hydrogen-bond donors (Lipinski definition) is 1. The van der Waals surface area contributed by atoms with E-state index in [1.165, 1.54) is 14.2 Å². The van der Waals surface area contributed by atoms with E-state index in [1.807, 2.05) is 24.3 Å². The quantitative estimate of drug-likeness (QED) is 0.322. The number of nitrogens with zero attached hydrogens (tertiary/aromatic N) is 1. The Morgan fingerprint density at radius 3 is 2.43 bits per heavy atom. The zero-order valence-corrected chi connectivity index (χ0v) is 22.4. The third kappa shape index (κ3) is 6.52. The molecule has 0 radical (unpaired) electrons. The molecule has 4 rings (SSSR count). The van der Waals surface area contributed by atoms with E-state index in [1.54, 1.807) is 48.5 Å². The molecule has 1 saturated heterocycles. The molecule has 1 N–H and O–H groups in total. The highest BCUT2D eigenvalue weighted by molar-refractivity contribution is 9.10. The molecule has 0 atom stereocenters. The molecule has 1 aliphatic rings. The van der Waals surface area contributed by atoms with Crippen molar-refractivity contribution in [3.05, 3.63) is 87.2 Å². The fraction of sp³-hybridized carbons (Fsp3) is 0.148. The zero-order valence-electron chi connectivity index (χ0n) is 20.0. The summed E-state index contributed by atoms with van der Waals surface area (Å²) in [6.45, 7) is -0.0506. The first-order valence-corrected chi connectivity index (χ1v) is 12.7. The van der Waals surface area contributed by atoms with Crippen LogP contribution in [0.3, 0.4) is 0 Å². The zero-order chi connectivity index (χ0) is 26.4. The second-order valence-electron chi connectivity index (χ2n) is 7.84. The summed E-state index contributed by atoms with van der Waals surface area (Å²) in [6.07, 6.45) is 1.59. The SMILES string of the molecule is COc1ccccc1NC(=O)CN1C(=O)S/C(=C\c2ccc(OCc3ccc(Br)cc3)c(OC)c2)C1=O. The number of imide groups is 1. The minimum atomic E-state index is -0.542. The third-order valence-corrected chi connectivity index (χ3v) is 6.79. The van der Waals surface area contributed by atoms with E-state index in [0.717, 1.165) is 26.7 Å². The highest BCUT2D eigenvalue weighted by Crippen LogP contribution is 2.35. The lowest BCUT2D eigenvalue weighted by atomic mass is 10.1. The summed E-state index contributed by atoms with van der Waals surface area (Å²) in [4.78, 5) is 39.0. The summed E-state index contributed by atoms with van der Waals surface area (Å²) in [7, 11) is 3.02. The molecule has 190 valence electrons. The number of para-hydroxylation sites is 2. The summed E-state index contributed by atoms with van der Waals surface area (Å²) in [6, 6.07) is 19.9. The Bertz CT molecular complexity index is 1360. The van der Waals surface area contributed by atoms with Gasteiger partial charge in [0.05, 0.1) is 24.8 Å². The van der Waals surface area contributed by atoms with Gasteiger partial charge in [-0.05, 0) is 65.4 Å². The smallest absolute Gasteiger partial charge is 0.294 e. The van der Waals surface area contributed by atoms with Gasteiger partial charge in [-0.2, -0.15) is 0 Å². The van der Waals surface area contributed by atoms with Crippen LogP contribution in [0.1, 0.15) is 11.1 Å². The Morgan fingerprint density at radius 2 is 1.70 bits per heavy atom. The van der Waals surface area contributed by atoms with Gasteiger partial charge in [-0.25, -0.2) is 0 Å². The molecule has 1 fully saturated rings. The third-order valence-electron chi connectivity index (χ3n) is 5.35. The Balaban J connectivity index is 1.43. The van der Waals surface area contributed by atoms with Crippen LogP contribution in [0.15, 0.2) is 76.1 Å². The minimum absolute atomic E-state index is 0.209. The number of halogens is 1. The maximum Gasteiger partial charge on any atom is 0.294 e. The Labute approximate surface area is 226 Å². The lowest BCUT2D eigenvalue weighted by molar-refractivity contribution is -0.127. The number of nitrogens with one attached hydrogen (secondary N) is 1. The molecule has 3 amide bonds. The van der Waals surface area contributed by atoms with Gasteiger partial charge < -0.3 is 19.5 Å². The van der Waals surface area contributed by atoms with E-state index >= 15 is 0 Å². The molecule has 3 aromatic carbocycles. The first kappa shape index (κ1) is 26.3.